The lowest BCUT2D eigenvalue weighted by Crippen LogP contribution is -2.50. The Bertz CT molecular complexity index is 842. The molecule has 0 bridgehead atoms. The largest absolute Gasteiger partial charge is 0.453 e. The third-order valence-electron chi connectivity index (χ3n) is 4.60. The Balaban J connectivity index is 0.00000320. The van der Waals surface area contributed by atoms with Gasteiger partial charge in [0.2, 0.25) is 5.91 Å². The highest BCUT2D eigenvalue weighted by atomic mass is 35.5. The van der Waals surface area contributed by atoms with E-state index in [0.29, 0.717) is 34.5 Å². The third kappa shape index (κ3) is 6.05. The van der Waals surface area contributed by atoms with Gasteiger partial charge in [-0.25, -0.2) is 4.57 Å². The zero-order valence-corrected chi connectivity index (χ0v) is 19.6. The molecule has 2 atom stereocenters. The number of piperidine rings is 1. The molecular formula is C20H24Cl3N2O4P. The van der Waals surface area contributed by atoms with Gasteiger partial charge in [0.15, 0.2) is 5.78 Å². The molecule has 0 spiro atoms. The van der Waals surface area contributed by atoms with Crippen LogP contribution in [0.4, 0.5) is 0 Å². The summed E-state index contributed by atoms with van der Waals surface area (Å²) in [6.07, 6.45) is 2.08. The van der Waals surface area contributed by atoms with Crippen molar-refractivity contribution in [1.82, 2.24) is 4.90 Å². The molecule has 2 aromatic carbocycles. The number of carbonyl (C=O) groups excluding carboxylic acids is 1. The molecule has 0 radical (unpaired) electrons. The minimum absolute atomic E-state index is 0. The van der Waals surface area contributed by atoms with Crippen molar-refractivity contribution in [2.45, 2.75) is 38.0 Å². The fourth-order valence-electron chi connectivity index (χ4n) is 3.19. The SMILES string of the molecule is CC(N)C(=O)N1CCCCC1P(=O)(Oc1ccc(Cl)cc1)Oc1ccc(Cl)cc1.Cl. The number of amides is 1. The van der Waals surface area contributed by atoms with Gasteiger partial charge in [-0.3, -0.25) is 4.79 Å². The van der Waals surface area contributed by atoms with Crippen molar-refractivity contribution in [1.29, 1.82) is 0 Å². The Morgan fingerprint density at radius 2 is 1.50 bits per heavy atom. The van der Waals surface area contributed by atoms with Crippen LogP contribution in [0.1, 0.15) is 26.2 Å². The third-order valence-corrected chi connectivity index (χ3v) is 7.30. The van der Waals surface area contributed by atoms with Gasteiger partial charge in [0.05, 0.1) is 6.04 Å². The fraction of sp³-hybridized carbons (Fsp3) is 0.350. The van der Waals surface area contributed by atoms with E-state index in [4.69, 9.17) is 38.0 Å². The lowest BCUT2D eigenvalue weighted by atomic mass is 10.1. The summed E-state index contributed by atoms with van der Waals surface area (Å²) in [7, 11) is -3.86. The van der Waals surface area contributed by atoms with Gasteiger partial charge in [-0.2, -0.15) is 0 Å². The van der Waals surface area contributed by atoms with Crippen LogP contribution in [-0.2, 0) is 9.36 Å². The molecule has 164 valence electrons. The number of likely N-dealkylation sites (tertiary alicyclic amines) is 1. The summed E-state index contributed by atoms with van der Waals surface area (Å²) >= 11 is 11.9. The predicted molar refractivity (Wildman–Crippen MR) is 122 cm³/mol. The van der Waals surface area contributed by atoms with E-state index < -0.39 is 19.4 Å². The fourth-order valence-corrected chi connectivity index (χ4v) is 5.62. The number of carbonyl (C=O) groups is 1. The Morgan fingerprint density at radius 1 is 1.03 bits per heavy atom. The minimum atomic E-state index is -3.86. The Labute approximate surface area is 192 Å². The molecule has 2 N–H and O–H groups in total. The van der Waals surface area contributed by atoms with Crippen molar-refractivity contribution in [3.05, 3.63) is 58.6 Å². The van der Waals surface area contributed by atoms with Crippen LogP contribution in [0.25, 0.3) is 0 Å². The molecule has 0 saturated carbocycles. The van der Waals surface area contributed by atoms with Crippen LogP contribution in [0.2, 0.25) is 10.0 Å². The molecule has 30 heavy (non-hydrogen) atoms. The molecule has 1 amide bonds. The number of halogens is 3. The zero-order valence-electron chi connectivity index (χ0n) is 16.4. The highest BCUT2D eigenvalue weighted by Crippen LogP contribution is 2.56. The topological polar surface area (TPSA) is 81.9 Å². The first-order valence-corrected chi connectivity index (χ1v) is 11.7. The van der Waals surface area contributed by atoms with E-state index in [1.165, 1.54) is 4.90 Å². The Hall–Kier alpha value is -1.43. The molecule has 0 aromatic heterocycles. The summed E-state index contributed by atoms with van der Waals surface area (Å²) in [4.78, 5) is 14.2. The lowest BCUT2D eigenvalue weighted by Gasteiger charge is -2.39. The van der Waals surface area contributed by atoms with Crippen molar-refractivity contribution < 1.29 is 18.4 Å². The molecule has 1 aliphatic heterocycles. The van der Waals surface area contributed by atoms with E-state index in [9.17, 15) is 9.36 Å². The van der Waals surface area contributed by atoms with Gasteiger partial charge in [0, 0.05) is 16.6 Å². The summed E-state index contributed by atoms with van der Waals surface area (Å²) in [5, 5.41) is 1.05. The molecule has 1 fully saturated rings. The normalized spacial score (nSPS) is 17.6. The standard InChI is InChI=1S/C20H23Cl2N2O4P.ClH/c1-14(23)20(25)24-13-3-2-4-19(24)29(26,27-17-9-5-15(21)6-10-17)28-18-11-7-16(22)8-12-18;/h5-12,14,19H,2-4,13,23H2,1H3;1H. The Morgan fingerprint density at radius 3 is 1.93 bits per heavy atom. The molecule has 10 heteroatoms. The Kier molecular flexibility index (Phi) is 8.89. The quantitative estimate of drug-likeness (QED) is 0.518. The van der Waals surface area contributed by atoms with E-state index in [0.717, 1.165) is 12.8 Å². The van der Waals surface area contributed by atoms with Crippen molar-refractivity contribution in [3.63, 3.8) is 0 Å². The van der Waals surface area contributed by atoms with E-state index >= 15 is 0 Å². The summed E-state index contributed by atoms with van der Waals surface area (Å²) in [5.74, 6) is -0.355. The van der Waals surface area contributed by atoms with Crippen LogP contribution in [-0.4, -0.2) is 29.2 Å². The van der Waals surface area contributed by atoms with Gasteiger partial charge in [-0.05, 0) is 74.7 Å². The van der Waals surface area contributed by atoms with Gasteiger partial charge in [0.25, 0.3) is 0 Å². The van der Waals surface area contributed by atoms with Gasteiger partial charge in [-0.15, -0.1) is 12.4 Å². The van der Waals surface area contributed by atoms with Crippen molar-refractivity contribution in [2.24, 2.45) is 5.73 Å². The lowest BCUT2D eigenvalue weighted by molar-refractivity contribution is -0.134. The van der Waals surface area contributed by atoms with Crippen LogP contribution >= 0.6 is 43.2 Å². The average molecular weight is 494 g/mol. The van der Waals surface area contributed by atoms with Crippen LogP contribution in [0.3, 0.4) is 0 Å². The second-order valence-corrected chi connectivity index (χ2v) is 9.84. The molecule has 3 rings (SSSR count). The van der Waals surface area contributed by atoms with Gasteiger partial charge >= 0.3 is 7.60 Å². The average Bonchev–Trinajstić information content (AvgIpc) is 2.71. The predicted octanol–water partition coefficient (Wildman–Crippen LogP) is 5.75. The summed E-state index contributed by atoms with van der Waals surface area (Å²) in [6.45, 7) is 2.06. The molecule has 6 nitrogen and oxygen atoms in total. The molecule has 0 aliphatic carbocycles. The molecule has 2 aromatic rings. The van der Waals surface area contributed by atoms with Gasteiger partial charge < -0.3 is 19.7 Å². The first kappa shape index (κ1) is 24.8. The van der Waals surface area contributed by atoms with E-state index in [2.05, 4.69) is 0 Å². The maximum atomic E-state index is 14.1. The number of nitrogens with two attached hydrogens (primary N) is 1. The number of hydrogen-bond donors (Lipinski definition) is 1. The van der Waals surface area contributed by atoms with Crippen molar-refractivity contribution in [2.75, 3.05) is 6.54 Å². The molecule has 2 unspecified atom stereocenters. The second-order valence-electron chi connectivity index (χ2n) is 6.93. The van der Waals surface area contributed by atoms with Crippen LogP contribution in [0.15, 0.2) is 48.5 Å². The van der Waals surface area contributed by atoms with E-state index in [1.54, 1.807) is 55.5 Å². The van der Waals surface area contributed by atoms with Crippen LogP contribution in [0, 0.1) is 0 Å². The van der Waals surface area contributed by atoms with Crippen LogP contribution in [0.5, 0.6) is 11.5 Å². The highest BCUT2D eigenvalue weighted by Gasteiger charge is 2.46. The smallest absolute Gasteiger partial charge is 0.415 e. The maximum absolute atomic E-state index is 14.1. The monoisotopic (exact) mass is 492 g/mol. The molecule has 1 saturated heterocycles. The minimum Gasteiger partial charge on any atom is -0.415 e. The number of nitrogens with zero attached hydrogens (tertiary/aromatic N) is 1. The zero-order chi connectivity index (χ0) is 21.0. The van der Waals surface area contributed by atoms with Crippen molar-refractivity contribution in [3.8, 4) is 11.5 Å². The second kappa shape index (κ2) is 10.7. The summed E-state index contributed by atoms with van der Waals surface area (Å²) < 4.78 is 25.9. The molecule has 1 heterocycles. The van der Waals surface area contributed by atoms with E-state index in [-0.39, 0.29) is 18.3 Å². The maximum Gasteiger partial charge on any atom is 0.453 e. The number of benzene rings is 2. The highest BCUT2D eigenvalue weighted by molar-refractivity contribution is 7.55. The molecular weight excluding hydrogens is 470 g/mol. The van der Waals surface area contributed by atoms with Gasteiger partial charge in [0.1, 0.15) is 11.5 Å². The number of hydrogen-bond acceptors (Lipinski definition) is 5. The molecule has 1 aliphatic rings. The number of rotatable bonds is 6. The first-order chi connectivity index (χ1) is 13.8. The van der Waals surface area contributed by atoms with Crippen molar-refractivity contribution >= 4 is 49.1 Å². The van der Waals surface area contributed by atoms with Gasteiger partial charge in [-0.1, -0.05) is 23.2 Å². The van der Waals surface area contributed by atoms with E-state index in [1.807, 2.05) is 0 Å². The summed E-state index contributed by atoms with van der Waals surface area (Å²) in [5.41, 5.74) is 5.82. The summed E-state index contributed by atoms with van der Waals surface area (Å²) in [6, 6.07) is 12.3. The first-order valence-electron chi connectivity index (χ1n) is 9.34. The van der Waals surface area contributed by atoms with Crippen LogP contribution < -0.4 is 14.8 Å².